The first-order valence-electron chi connectivity index (χ1n) is 6.22. The zero-order chi connectivity index (χ0) is 12.7. The van der Waals surface area contributed by atoms with Gasteiger partial charge in [0.1, 0.15) is 0 Å². The third kappa shape index (κ3) is 3.63. The average molecular weight is 238 g/mol. The molecule has 0 heterocycles. The monoisotopic (exact) mass is 238 g/mol. The summed E-state index contributed by atoms with van der Waals surface area (Å²) in [7, 11) is 1.62. The third-order valence-electron chi connectivity index (χ3n) is 2.60. The SMILES string of the molecule is CCCOc1c(OC)cccc1C(O)CCC. The first-order valence-corrected chi connectivity index (χ1v) is 6.22. The average Bonchev–Trinajstić information content (AvgIpc) is 2.36. The van der Waals surface area contributed by atoms with Crippen LogP contribution in [0.2, 0.25) is 0 Å². The highest BCUT2D eigenvalue weighted by atomic mass is 16.5. The quantitative estimate of drug-likeness (QED) is 0.792. The van der Waals surface area contributed by atoms with Gasteiger partial charge in [0.15, 0.2) is 11.5 Å². The molecule has 0 aliphatic heterocycles. The molecule has 3 heteroatoms. The standard InChI is InChI=1S/C14H22O3/c1-4-7-12(15)11-8-6-9-13(16-3)14(11)17-10-5-2/h6,8-9,12,15H,4-5,7,10H2,1-3H3. The summed E-state index contributed by atoms with van der Waals surface area (Å²) in [4.78, 5) is 0. The predicted octanol–water partition coefficient (Wildman–Crippen LogP) is 3.32. The van der Waals surface area contributed by atoms with Gasteiger partial charge in [0.25, 0.3) is 0 Å². The summed E-state index contributed by atoms with van der Waals surface area (Å²) in [5.74, 6) is 1.36. The molecule has 0 aliphatic rings. The van der Waals surface area contributed by atoms with Crippen molar-refractivity contribution in [1.29, 1.82) is 0 Å². The lowest BCUT2D eigenvalue weighted by Crippen LogP contribution is -2.05. The largest absolute Gasteiger partial charge is 0.493 e. The molecule has 0 saturated heterocycles. The van der Waals surface area contributed by atoms with Crippen LogP contribution in [0.15, 0.2) is 18.2 Å². The Morgan fingerprint density at radius 1 is 1.24 bits per heavy atom. The highest BCUT2D eigenvalue weighted by Crippen LogP contribution is 2.36. The molecular weight excluding hydrogens is 216 g/mol. The van der Waals surface area contributed by atoms with Gasteiger partial charge in [-0.2, -0.15) is 0 Å². The first-order chi connectivity index (χ1) is 8.24. The molecule has 3 nitrogen and oxygen atoms in total. The lowest BCUT2D eigenvalue weighted by molar-refractivity contribution is 0.159. The van der Waals surface area contributed by atoms with Gasteiger partial charge in [0.2, 0.25) is 0 Å². The van der Waals surface area contributed by atoms with E-state index in [1.165, 1.54) is 0 Å². The van der Waals surface area contributed by atoms with Gasteiger partial charge in [-0.15, -0.1) is 0 Å². The topological polar surface area (TPSA) is 38.7 Å². The number of benzene rings is 1. The van der Waals surface area contributed by atoms with E-state index in [0.29, 0.717) is 18.1 Å². The van der Waals surface area contributed by atoms with Gasteiger partial charge < -0.3 is 14.6 Å². The van der Waals surface area contributed by atoms with E-state index in [1.807, 2.05) is 18.2 Å². The van der Waals surface area contributed by atoms with Crippen LogP contribution in [-0.2, 0) is 0 Å². The lowest BCUT2D eigenvalue weighted by atomic mass is 10.0. The fourth-order valence-electron chi connectivity index (χ4n) is 1.74. The molecule has 0 radical (unpaired) electrons. The smallest absolute Gasteiger partial charge is 0.166 e. The lowest BCUT2D eigenvalue weighted by Gasteiger charge is -2.18. The Bertz CT molecular complexity index is 336. The molecule has 0 amide bonds. The van der Waals surface area contributed by atoms with Crippen LogP contribution >= 0.6 is 0 Å². The number of aliphatic hydroxyl groups excluding tert-OH is 1. The molecule has 1 N–H and O–H groups in total. The Kier molecular flexibility index (Phi) is 5.84. The molecule has 1 rings (SSSR count). The molecule has 17 heavy (non-hydrogen) atoms. The van der Waals surface area contributed by atoms with E-state index in [1.54, 1.807) is 7.11 Å². The van der Waals surface area contributed by atoms with Gasteiger partial charge in [-0.25, -0.2) is 0 Å². The van der Waals surface area contributed by atoms with Crippen LogP contribution in [0.1, 0.15) is 44.8 Å². The van der Waals surface area contributed by atoms with Crippen LogP contribution in [0.4, 0.5) is 0 Å². The van der Waals surface area contributed by atoms with Crippen LogP contribution in [0.5, 0.6) is 11.5 Å². The molecule has 1 aromatic rings. The molecule has 0 spiro atoms. The highest BCUT2D eigenvalue weighted by molar-refractivity contribution is 5.47. The summed E-state index contributed by atoms with van der Waals surface area (Å²) in [6, 6.07) is 5.63. The van der Waals surface area contributed by atoms with Gasteiger partial charge in [0.05, 0.1) is 19.8 Å². The maximum Gasteiger partial charge on any atom is 0.166 e. The van der Waals surface area contributed by atoms with Gasteiger partial charge >= 0.3 is 0 Å². The normalized spacial score (nSPS) is 12.2. The van der Waals surface area contributed by atoms with Crippen LogP contribution in [0.3, 0.4) is 0 Å². The van der Waals surface area contributed by atoms with E-state index in [2.05, 4.69) is 13.8 Å². The fraction of sp³-hybridized carbons (Fsp3) is 0.571. The summed E-state index contributed by atoms with van der Waals surface area (Å²) in [6.07, 6.45) is 2.12. The molecular formula is C14H22O3. The molecule has 0 bridgehead atoms. The van der Waals surface area contributed by atoms with Crippen molar-refractivity contribution in [2.45, 2.75) is 39.2 Å². The number of hydrogen-bond acceptors (Lipinski definition) is 3. The summed E-state index contributed by atoms with van der Waals surface area (Å²) in [5.41, 5.74) is 0.819. The van der Waals surface area contributed by atoms with E-state index in [-0.39, 0.29) is 0 Å². The summed E-state index contributed by atoms with van der Waals surface area (Å²) >= 11 is 0. The van der Waals surface area contributed by atoms with Crippen LogP contribution in [0, 0.1) is 0 Å². The van der Waals surface area contributed by atoms with Crippen LogP contribution in [0.25, 0.3) is 0 Å². The molecule has 1 atom stereocenters. The molecule has 0 saturated carbocycles. The minimum absolute atomic E-state index is 0.484. The minimum Gasteiger partial charge on any atom is -0.493 e. The van der Waals surface area contributed by atoms with Gasteiger partial charge in [-0.05, 0) is 18.9 Å². The zero-order valence-electron chi connectivity index (χ0n) is 10.9. The molecule has 1 unspecified atom stereocenters. The van der Waals surface area contributed by atoms with E-state index in [0.717, 1.165) is 24.8 Å². The first kappa shape index (κ1) is 13.8. The molecule has 0 fully saturated rings. The van der Waals surface area contributed by atoms with Crippen molar-refractivity contribution in [2.24, 2.45) is 0 Å². The van der Waals surface area contributed by atoms with E-state index < -0.39 is 6.10 Å². The second-order valence-electron chi connectivity index (χ2n) is 4.03. The molecule has 1 aromatic carbocycles. The summed E-state index contributed by atoms with van der Waals surface area (Å²) in [5, 5.41) is 10.1. The Hall–Kier alpha value is -1.22. The van der Waals surface area contributed by atoms with Crippen LogP contribution in [-0.4, -0.2) is 18.8 Å². The second-order valence-corrected chi connectivity index (χ2v) is 4.03. The van der Waals surface area contributed by atoms with E-state index in [9.17, 15) is 5.11 Å². The van der Waals surface area contributed by atoms with Gasteiger partial charge in [-0.1, -0.05) is 32.4 Å². The molecule has 0 aromatic heterocycles. The summed E-state index contributed by atoms with van der Waals surface area (Å²) in [6.45, 7) is 4.74. The van der Waals surface area contributed by atoms with E-state index >= 15 is 0 Å². The minimum atomic E-state index is -0.484. The van der Waals surface area contributed by atoms with Crippen LogP contribution < -0.4 is 9.47 Å². The maximum atomic E-state index is 10.1. The van der Waals surface area contributed by atoms with Crippen molar-refractivity contribution >= 4 is 0 Å². The zero-order valence-corrected chi connectivity index (χ0v) is 10.9. The maximum absolute atomic E-state index is 10.1. The van der Waals surface area contributed by atoms with Crippen molar-refractivity contribution in [2.75, 3.05) is 13.7 Å². The predicted molar refractivity (Wildman–Crippen MR) is 68.6 cm³/mol. The van der Waals surface area contributed by atoms with Crippen molar-refractivity contribution in [3.8, 4) is 11.5 Å². The molecule has 0 aliphatic carbocycles. The number of methoxy groups -OCH3 is 1. The summed E-state index contributed by atoms with van der Waals surface area (Å²) < 4.78 is 11.0. The highest BCUT2D eigenvalue weighted by Gasteiger charge is 2.16. The molecule has 96 valence electrons. The van der Waals surface area contributed by atoms with Crippen molar-refractivity contribution in [3.05, 3.63) is 23.8 Å². The Labute approximate surface area is 103 Å². The van der Waals surface area contributed by atoms with Crippen molar-refractivity contribution in [1.82, 2.24) is 0 Å². The number of rotatable bonds is 7. The Morgan fingerprint density at radius 2 is 2.00 bits per heavy atom. The fourth-order valence-corrected chi connectivity index (χ4v) is 1.74. The number of hydrogen-bond donors (Lipinski definition) is 1. The van der Waals surface area contributed by atoms with Gasteiger partial charge in [0, 0.05) is 5.56 Å². The number of aliphatic hydroxyl groups is 1. The second kappa shape index (κ2) is 7.17. The third-order valence-corrected chi connectivity index (χ3v) is 2.60. The number of para-hydroxylation sites is 1. The number of ether oxygens (including phenoxy) is 2. The Morgan fingerprint density at radius 3 is 2.59 bits per heavy atom. The Balaban J connectivity index is 3.00. The van der Waals surface area contributed by atoms with E-state index in [4.69, 9.17) is 9.47 Å². The van der Waals surface area contributed by atoms with Crippen molar-refractivity contribution in [3.63, 3.8) is 0 Å². The van der Waals surface area contributed by atoms with Crippen molar-refractivity contribution < 1.29 is 14.6 Å². The van der Waals surface area contributed by atoms with Gasteiger partial charge in [-0.3, -0.25) is 0 Å².